The maximum Gasteiger partial charge on any atom is 0.323 e. The monoisotopic (exact) mass is 367 g/mol. The van der Waals surface area contributed by atoms with Gasteiger partial charge >= 0.3 is 11.9 Å². The third-order valence-corrected chi connectivity index (χ3v) is 5.99. The number of esters is 2. The van der Waals surface area contributed by atoms with Crippen LogP contribution in [0.4, 0.5) is 0 Å². The Bertz CT molecular complexity index is 459. The molecule has 1 saturated carbocycles. The number of likely N-dealkylation sites (N-methyl/N-ethyl adjacent to an activating group) is 1. The summed E-state index contributed by atoms with van der Waals surface area (Å²) in [6.45, 7) is 6.31. The Labute approximate surface area is 158 Å². The van der Waals surface area contributed by atoms with Gasteiger partial charge in [0.2, 0.25) is 0 Å². The summed E-state index contributed by atoms with van der Waals surface area (Å²) in [5.41, 5.74) is 0. The minimum atomic E-state index is -0.404. The summed E-state index contributed by atoms with van der Waals surface area (Å²) >= 11 is 0. The third kappa shape index (κ3) is 5.97. The van der Waals surface area contributed by atoms with Gasteiger partial charge in [-0.2, -0.15) is 0 Å². The Balaban J connectivity index is 2.13. The van der Waals surface area contributed by atoms with Gasteiger partial charge in [-0.25, -0.2) is 0 Å². The number of rotatable bonds is 6. The molecule has 26 heavy (non-hydrogen) atoms. The first-order valence-electron chi connectivity index (χ1n) is 10.5. The van der Waals surface area contributed by atoms with Crippen LogP contribution < -0.4 is 5.32 Å². The lowest BCUT2D eigenvalue weighted by Gasteiger charge is -2.32. The van der Waals surface area contributed by atoms with Crippen molar-refractivity contribution in [3.8, 4) is 0 Å². The van der Waals surface area contributed by atoms with Crippen LogP contribution in [0.3, 0.4) is 0 Å². The van der Waals surface area contributed by atoms with Crippen molar-refractivity contribution in [2.75, 3.05) is 7.05 Å². The number of hydrogen-bond acceptors (Lipinski definition) is 5. The van der Waals surface area contributed by atoms with Crippen molar-refractivity contribution in [3.63, 3.8) is 0 Å². The van der Waals surface area contributed by atoms with Gasteiger partial charge in [0.25, 0.3) is 0 Å². The highest BCUT2D eigenvalue weighted by molar-refractivity contribution is 5.76. The quantitative estimate of drug-likeness (QED) is 0.723. The lowest BCUT2D eigenvalue weighted by atomic mass is 9.86. The molecule has 0 bridgehead atoms. The number of ether oxygens (including phenoxy) is 2. The molecule has 0 amide bonds. The Morgan fingerprint density at radius 2 is 1.88 bits per heavy atom. The van der Waals surface area contributed by atoms with E-state index in [4.69, 9.17) is 9.47 Å². The fourth-order valence-corrected chi connectivity index (χ4v) is 4.28. The summed E-state index contributed by atoms with van der Waals surface area (Å²) in [4.78, 5) is 25.1. The number of hydrogen-bond donors (Lipinski definition) is 1. The van der Waals surface area contributed by atoms with Gasteiger partial charge in [-0.1, -0.05) is 39.5 Å². The Kier molecular flexibility index (Phi) is 8.39. The average molecular weight is 368 g/mol. The van der Waals surface area contributed by atoms with Crippen molar-refractivity contribution in [2.24, 2.45) is 17.8 Å². The van der Waals surface area contributed by atoms with Crippen LogP contribution in [0.15, 0.2) is 0 Å². The summed E-state index contributed by atoms with van der Waals surface area (Å²) in [5, 5.41) is 3.05. The molecule has 0 spiro atoms. The Morgan fingerprint density at radius 3 is 2.50 bits per heavy atom. The summed E-state index contributed by atoms with van der Waals surface area (Å²) in [6.07, 6.45) is 8.11. The third-order valence-electron chi connectivity index (χ3n) is 5.99. The molecule has 150 valence electrons. The van der Waals surface area contributed by atoms with Crippen LogP contribution in [-0.2, 0) is 19.1 Å². The van der Waals surface area contributed by atoms with E-state index in [0.717, 1.165) is 57.8 Å². The van der Waals surface area contributed by atoms with Gasteiger partial charge in [0.05, 0.1) is 5.92 Å². The maximum atomic E-state index is 12.7. The minimum absolute atomic E-state index is 0.0290. The molecule has 1 heterocycles. The molecule has 0 aromatic carbocycles. The van der Waals surface area contributed by atoms with Gasteiger partial charge in [-0.05, 0) is 57.9 Å². The van der Waals surface area contributed by atoms with Crippen LogP contribution in [0.2, 0.25) is 0 Å². The molecule has 5 nitrogen and oxygen atoms in total. The highest BCUT2D eigenvalue weighted by Gasteiger charge is 2.37. The van der Waals surface area contributed by atoms with E-state index in [1.165, 1.54) is 0 Å². The fraction of sp³-hybridized carbons (Fsp3) is 0.905. The Morgan fingerprint density at radius 1 is 1.19 bits per heavy atom. The van der Waals surface area contributed by atoms with E-state index in [1.54, 1.807) is 7.05 Å². The molecule has 1 aliphatic carbocycles. The van der Waals surface area contributed by atoms with Crippen molar-refractivity contribution in [1.82, 2.24) is 5.32 Å². The molecule has 2 aliphatic rings. The highest BCUT2D eigenvalue weighted by Crippen LogP contribution is 2.32. The van der Waals surface area contributed by atoms with Crippen molar-refractivity contribution >= 4 is 11.9 Å². The standard InChI is InChI=1S/C21H37NO4/c1-14(2)12-13-16-10-7-11-18(22-4)21(24)25-15(3)19(16)26-20(23)17-8-5-6-9-17/h14-19,22H,5-13H2,1-4H3/t15-,16+,18-,19-/m0/s1. The first kappa shape index (κ1) is 21.2. The average Bonchev–Trinajstić information content (AvgIpc) is 3.13. The predicted molar refractivity (Wildman–Crippen MR) is 102 cm³/mol. The first-order valence-corrected chi connectivity index (χ1v) is 10.5. The molecule has 1 N–H and O–H groups in total. The predicted octanol–water partition coefficient (Wildman–Crippen LogP) is 3.84. The molecule has 0 aromatic heterocycles. The van der Waals surface area contributed by atoms with E-state index in [0.29, 0.717) is 5.92 Å². The zero-order chi connectivity index (χ0) is 19.1. The number of carbonyl (C=O) groups is 2. The maximum absolute atomic E-state index is 12.7. The first-order chi connectivity index (χ1) is 12.4. The normalized spacial score (nSPS) is 31.2. The number of cyclic esters (lactones) is 1. The fourth-order valence-electron chi connectivity index (χ4n) is 4.28. The highest BCUT2D eigenvalue weighted by atomic mass is 16.6. The second kappa shape index (κ2) is 10.3. The van der Waals surface area contributed by atoms with Crippen LogP contribution in [-0.4, -0.2) is 37.2 Å². The second-order valence-corrected chi connectivity index (χ2v) is 8.53. The van der Waals surface area contributed by atoms with Crippen molar-refractivity contribution < 1.29 is 19.1 Å². The van der Waals surface area contributed by atoms with Gasteiger partial charge in [0.15, 0.2) is 0 Å². The van der Waals surface area contributed by atoms with Crippen molar-refractivity contribution in [2.45, 2.75) is 96.8 Å². The van der Waals surface area contributed by atoms with E-state index in [2.05, 4.69) is 19.2 Å². The van der Waals surface area contributed by atoms with Crippen molar-refractivity contribution in [1.29, 1.82) is 0 Å². The van der Waals surface area contributed by atoms with Crippen LogP contribution in [0, 0.1) is 17.8 Å². The molecule has 0 aromatic rings. The van der Waals surface area contributed by atoms with Gasteiger partial charge in [-0.3, -0.25) is 9.59 Å². The van der Waals surface area contributed by atoms with E-state index < -0.39 is 6.10 Å². The van der Waals surface area contributed by atoms with Gasteiger partial charge in [0.1, 0.15) is 18.2 Å². The summed E-state index contributed by atoms with van der Waals surface area (Å²) in [5.74, 6) is 0.569. The van der Waals surface area contributed by atoms with Gasteiger partial charge < -0.3 is 14.8 Å². The van der Waals surface area contributed by atoms with Crippen LogP contribution in [0.1, 0.15) is 78.6 Å². The second-order valence-electron chi connectivity index (χ2n) is 8.53. The SMILES string of the molecule is CN[C@H]1CCC[C@H](CCC(C)C)[C@@H](OC(=O)C2CCCC2)[C@H](C)OC1=O. The summed E-state index contributed by atoms with van der Waals surface area (Å²) < 4.78 is 11.7. The van der Waals surface area contributed by atoms with Crippen LogP contribution >= 0.6 is 0 Å². The molecular formula is C21H37NO4. The van der Waals surface area contributed by atoms with E-state index in [9.17, 15) is 9.59 Å². The van der Waals surface area contributed by atoms with Crippen molar-refractivity contribution in [3.05, 3.63) is 0 Å². The zero-order valence-electron chi connectivity index (χ0n) is 17.0. The molecule has 2 fully saturated rings. The van der Waals surface area contributed by atoms with E-state index >= 15 is 0 Å². The molecule has 1 saturated heterocycles. The molecule has 0 unspecified atom stereocenters. The van der Waals surface area contributed by atoms with E-state index in [-0.39, 0.29) is 35.9 Å². The summed E-state index contributed by atoms with van der Waals surface area (Å²) in [6, 6.07) is -0.271. The topological polar surface area (TPSA) is 64.6 Å². The van der Waals surface area contributed by atoms with Gasteiger partial charge in [0, 0.05) is 0 Å². The van der Waals surface area contributed by atoms with Crippen LogP contribution in [0.25, 0.3) is 0 Å². The zero-order valence-corrected chi connectivity index (χ0v) is 17.0. The van der Waals surface area contributed by atoms with E-state index in [1.807, 2.05) is 6.92 Å². The van der Waals surface area contributed by atoms with Gasteiger partial charge in [-0.15, -0.1) is 0 Å². The number of carbonyl (C=O) groups excluding carboxylic acids is 2. The lowest BCUT2D eigenvalue weighted by Crippen LogP contribution is -2.42. The largest absolute Gasteiger partial charge is 0.458 e. The lowest BCUT2D eigenvalue weighted by molar-refractivity contribution is -0.175. The molecule has 0 radical (unpaired) electrons. The minimum Gasteiger partial charge on any atom is -0.458 e. The Hall–Kier alpha value is -1.10. The smallest absolute Gasteiger partial charge is 0.323 e. The molecule has 1 aliphatic heterocycles. The summed E-state index contributed by atoms with van der Waals surface area (Å²) in [7, 11) is 1.79. The molecule has 4 atom stereocenters. The van der Waals surface area contributed by atoms with Crippen LogP contribution in [0.5, 0.6) is 0 Å². The molecule has 2 rings (SSSR count). The number of nitrogens with one attached hydrogen (secondary N) is 1. The molecular weight excluding hydrogens is 330 g/mol. The molecule has 5 heteroatoms.